The molecule has 4 rings (SSSR count). The van der Waals surface area contributed by atoms with Crippen molar-refractivity contribution in [2.45, 2.75) is 6.04 Å². The zero-order valence-corrected chi connectivity index (χ0v) is 15.5. The molecule has 1 aromatic carbocycles. The molecule has 0 saturated heterocycles. The molecule has 6 nitrogen and oxygen atoms in total. The molecule has 3 heterocycles. The summed E-state index contributed by atoms with van der Waals surface area (Å²) >= 11 is 1.55. The number of likely N-dealkylation sites (N-methyl/N-ethyl adjacent to an activating group) is 1. The van der Waals surface area contributed by atoms with Crippen LogP contribution in [0.3, 0.4) is 0 Å². The summed E-state index contributed by atoms with van der Waals surface area (Å²) in [4.78, 5) is 11.9. The quantitative estimate of drug-likeness (QED) is 0.567. The monoisotopic (exact) mass is 364 g/mol. The van der Waals surface area contributed by atoms with Crippen LogP contribution in [-0.2, 0) is 0 Å². The van der Waals surface area contributed by atoms with Crippen LogP contribution in [0.1, 0.15) is 11.6 Å². The average molecular weight is 364 g/mol. The van der Waals surface area contributed by atoms with Gasteiger partial charge in [-0.2, -0.15) is 0 Å². The number of imidazole rings is 1. The van der Waals surface area contributed by atoms with Crippen LogP contribution in [-0.4, -0.2) is 45.1 Å². The molecule has 132 valence electrons. The minimum atomic E-state index is 0.276. The lowest BCUT2D eigenvalue weighted by Crippen LogP contribution is -2.26. The van der Waals surface area contributed by atoms with Gasteiger partial charge in [-0.3, -0.25) is 4.98 Å². The number of nitrogens with one attached hydrogen (secondary N) is 1. The van der Waals surface area contributed by atoms with Crippen molar-refractivity contribution < 1.29 is 0 Å². The molecule has 1 N–H and O–H groups in total. The summed E-state index contributed by atoms with van der Waals surface area (Å²) in [7, 11) is 4.18. The van der Waals surface area contributed by atoms with Crippen molar-refractivity contribution in [3.8, 4) is 11.3 Å². The van der Waals surface area contributed by atoms with E-state index in [1.54, 1.807) is 17.5 Å². The molecule has 0 spiro atoms. The second-order valence-electron chi connectivity index (χ2n) is 6.27. The third-order valence-electron chi connectivity index (χ3n) is 4.25. The first kappa shape index (κ1) is 16.7. The number of benzene rings is 1. The first-order valence-electron chi connectivity index (χ1n) is 8.42. The van der Waals surface area contributed by atoms with Gasteiger partial charge in [-0.05, 0) is 31.8 Å². The van der Waals surface area contributed by atoms with Crippen LogP contribution in [0.4, 0.5) is 5.13 Å². The van der Waals surface area contributed by atoms with Gasteiger partial charge in [0.15, 0.2) is 0 Å². The third-order valence-corrected chi connectivity index (χ3v) is 5.14. The Morgan fingerprint density at radius 1 is 1.15 bits per heavy atom. The number of fused-ring (bicyclic) bond motifs is 1. The Balaban J connectivity index is 1.50. The van der Waals surface area contributed by atoms with E-state index >= 15 is 0 Å². The van der Waals surface area contributed by atoms with E-state index in [1.165, 1.54) is 5.56 Å². The van der Waals surface area contributed by atoms with E-state index < -0.39 is 0 Å². The van der Waals surface area contributed by atoms with Gasteiger partial charge in [-0.15, -0.1) is 5.10 Å². The largest absolute Gasteiger partial charge is 0.358 e. The Morgan fingerprint density at radius 2 is 2.00 bits per heavy atom. The van der Waals surface area contributed by atoms with Crippen molar-refractivity contribution in [3.63, 3.8) is 0 Å². The zero-order chi connectivity index (χ0) is 17.9. The average Bonchev–Trinajstić information content (AvgIpc) is 3.22. The molecule has 0 aliphatic carbocycles. The predicted molar refractivity (Wildman–Crippen MR) is 105 cm³/mol. The number of aromatic nitrogens is 4. The summed E-state index contributed by atoms with van der Waals surface area (Å²) in [6, 6.07) is 14.7. The van der Waals surface area contributed by atoms with Crippen LogP contribution in [0.5, 0.6) is 0 Å². The molecule has 0 radical (unpaired) electrons. The summed E-state index contributed by atoms with van der Waals surface area (Å²) in [5, 5.41) is 8.93. The maximum atomic E-state index is 4.65. The number of rotatable bonds is 6. The fraction of sp³-hybridized carbons (Fsp3) is 0.211. The molecule has 0 aliphatic heterocycles. The van der Waals surface area contributed by atoms with Crippen LogP contribution >= 0.6 is 11.3 Å². The maximum Gasteiger partial charge on any atom is 0.214 e. The fourth-order valence-corrected chi connectivity index (χ4v) is 3.67. The van der Waals surface area contributed by atoms with E-state index in [0.29, 0.717) is 0 Å². The zero-order valence-electron chi connectivity index (χ0n) is 14.7. The lowest BCUT2D eigenvalue weighted by Gasteiger charge is -2.24. The normalized spacial score (nSPS) is 12.6. The van der Waals surface area contributed by atoms with Crippen LogP contribution in [0.2, 0.25) is 0 Å². The molecule has 26 heavy (non-hydrogen) atoms. The van der Waals surface area contributed by atoms with Crippen LogP contribution < -0.4 is 5.32 Å². The van der Waals surface area contributed by atoms with E-state index in [9.17, 15) is 0 Å². The third kappa shape index (κ3) is 3.44. The van der Waals surface area contributed by atoms with Crippen LogP contribution in [0, 0.1) is 0 Å². The highest BCUT2D eigenvalue weighted by atomic mass is 32.1. The number of nitrogens with zero attached hydrogens (tertiary/aromatic N) is 5. The van der Waals surface area contributed by atoms with Crippen LogP contribution in [0.25, 0.3) is 16.2 Å². The highest BCUT2D eigenvalue weighted by Crippen LogP contribution is 2.25. The summed E-state index contributed by atoms with van der Waals surface area (Å²) < 4.78 is 1.82. The smallest absolute Gasteiger partial charge is 0.214 e. The number of pyridine rings is 1. The van der Waals surface area contributed by atoms with Gasteiger partial charge in [-0.25, -0.2) is 9.50 Å². The van der Waals surface area contributed by atoms with Crippen molar-refractivity contribution in [1.82, 2.24) is 24.5 Å². The van der Waals surface area contributed by atoms with E-state index in [4.69, 9.17) is 0 Å². The van der Waals surface area contributed by atoms with Gasteiger partial charge < -0.3 is 10.2 Å². The minimum absolute atomic E-state index is 0.276. The van der Waals surface area contributed by atoms with Crippen molar-refractivity contribution in [3.05, 3.63) is 66.6 Å². The van der Waals surface area contributed by atoms with Gasteiger partial charge in [0.25, 0.3) is 0 Å². The Bertz CT molecular complexity index is 946. The Labute approximate surface area is 156 Å². The number of hydrogen-bond acceptors (Lipinski definition) is 6. The topological polar surface area (TPSA) is 58.4 Å². The van der Waals surface area contributed by atoms with Gasteiger partial charge in [0.1, 0.15) is 0 Å². The Hall–Kier alpha value is -2.77. The molecule has 4 aromatic rings. The summed E-state index contributed by atoms with van der Waals surface area (Å²) in [6.07, 6.45) is 5.51. The lowest BCUT2D eigenvalue weighted by atomic mass is 10.1. The highest BCUT2D eigenvalue weighted by Gasteiger charge is 2.15. The van der Waals surface area contributed by atoms with E-state index in [1.807, 2.05) is 35.1 Å². The fourth-order valence-electron chi connectivity index (χ4n) is 2.88. The standard InChI is InChI=1S/C19H20N6S/c1-24(2)17(14-7-4-3-5-8-14)12-21-18-23-25-13-16(22-19(25)26-18)15-9-6-10-20-11-15/h3-11,13,17H,12H2,1-2H3,(H,21,23). The van der Waals surface area contributed by atoms with Crippen molar-refractivity contribution in [2.24, 2.45) is 0 Å². The highest BCUT2D eigenvalue weighted by molar-refractivity contribution is 7.20. The molecule has 1 atom stereocenters. The van der Waals surface area contributed by atoms with Gasteiger partial charge >= 0.3 is 0 Å². The molecule has 0 aliphatic rings. The summed E-state index contributed by atoms with van der Waals surface area (Å²) in [6.45, 7) is 0.781. The molecule has 0 bridgehead atoms. The maximum absolute atomic E-state index is 4.65. The van der Waals surface area contributed by atoms with Gasteiger partial charge in [-0.1, -0.05) is 41.7 Å². The van der Waals surface area contributed by atoms with E-state index in [-0.39, 0.29) is 6.04 Å². The molecular formula is C19H20N6S. The van der Waals surface area contributed by atoms with E-state index in [0.717, 1.165) is 27.9 Å². The summed E-state index contributed by atoms with van der Waals surface area (Å²) in [5.41, 5.74) is 3.17. The first-order valence-corrected chi connectivity index (χ1v) is 9.24. The Morgan fingerprint density at radius 3 is 2.69 bits per heavy atom. The second-order valence-corrected chi connectivity index (χ2v) is 7.23. The van der Waals surface area contributed by atoms with Crippen molar-refractivity contribution in [1.29, 1.82) is 0 Å². The molecule has 0 amide bonds. The molecular weight excluding hydrogens is 344 g/mol. The van der Waals surface area contributed by atoms with Crippen molar-refractivity contribution >= 4 is 21.4 Å². The van der Waals surface area contributed by atoms with Crippen molar-refractivity contribution in [2.75, 3.05) is 26.0 Å². The molecule has 1 unspecified atom stereocenters. The Kier molecular flexibility index (Phi) is 4.64. The second kappa shape index (κ2) is 7.23. The van der Waals surface area contributed by atoms with Gasteiger partial charge in [0, 0.05) is 24.5 Å². The molecule has 3 aromatic heterocycles. The van der Waals surface area contributed by atoms with E-state index in [2.05, 4.69) is 63.6 Å². The SMILES string of the molecule is CN(C)C(CNc1nn2cc(-c3cccnc3)nc2s1)c1ccccc1. The van der Waals surface area contributed by atoms with Gasteiger partial charge in [0.05, 0.1) is 17.9 Å². The molecule has 0 saturated carbocycles. The van der Waals surface area contributed by atoms with Gasteiger partial charge in [0.2, 0.25) is 10.1 Å². The van der Waals surface area contributed by atoms with Crippen LogP contribution in [0.15, 0.2) is 61.1 Å². The number of hydrogen-bond donors (Lipinski definition) is 1. The molecule has 0 fully saturated rings. The summed E-state index contributed by atoms with van der Waals surface area (Å²) in [5.74, 6) is 0. The molecule has 7 heteroatoms. The lowest BCUT2D eigenvalue weighted by molar-refractivity contribution is 0.312. The predicted octanol–water partition coefficient (Wildman–Crippen LogP) is 3.57. The number of anilines is 1. The minimum Gasteiger partial charge on any atom is -0.358 e. The first-order chi connectivity index (χ1) is 12.7.